The van der Waals surface area contributed by atoms with E-state index in [4.69, 9.17) is 0 Å². The van der Waals surface area contributed by atoms with Gasteiger partial charge in [0.15, 0.2) is 0 Å². The summed E-state index contributed by atoms with van der Waals surface area (Å²) in [6, 6.07) is 102. The molecule has 1 heterocycles. The molecule has 0 saturated carbocycles. The molecule has 0 bridgehead atoms. The minimum Gasteiger partial charge on any atom is -0.310 e. The van der Waals surface area contributed by atoms with Crippen molar-refractivity contribution in [2.24, 2.45) is 0 Å². The van der Waals surface area contributed by atoms with E-state index in [1.54, 1.807) is 0 Å². The van der Waals surface area contributed by atoms with Crippen LogP contribution in [0.3, 0.4) is 0 Å². The van der Waals surface area contributed by atoms with Gasteiger partial charge in [-0.25, -0.2) is 0 Å². The zero-order valence-electron chi connectivity index (χ0n) is 38.5. The minimum atomic E-state index is 1.07. The summed E-state index contributed by atoms with van der Waals surface area (Å²) in [5, 5.41) is 7.40. The third-order valence-corrected chi connectivity index (χ3v) is 13.9. The average molecular weight is 891 g/mol. The molecule has 70 heavy (non-hydrogen) atoms. The van der Waals surface area contributed by atoms with Crippen molar-refractivity contribution in [3.8, 4) is 61.3 Å². The Morgan fingerprint density at radius 3 is 1.27 bits per heavy atom. The maximum Gasteiger partial charge on any atom is 0.0553 e. The Hall–Kier alpha value is -9.24. The van der Waals surface area contributed by atoms with E-state index >= 15 is 0 Å². The van der Waals surface area contributed by atoms with E-state index in [0.717, 1.165) is 28.3 Å². The van der Waals surface area contributed by atoms with E-state index in [-0.39, 0.29) is 0 Å². The predicted molar refractivity (Wildman–Crippen MR) is 298 cm³/mol. The summed E-state index contributed by atoms with van der Waals surface area (Å²) in [5.41, 5.74) is 18.5. The Morgan fingerprint density at radius 1 is 0.243 bits per heavy atom. The van der Waals surface area contributed by atoms with Gasteiger partial charge in [0.05, 0.1) is 11.0 Å². The molecular formula is C68H46N2. The molecule has 0 atom stereocenters. The van der Waals surface area contributed by atoms with Gasteiger partial charge in [0.25, 0.3) is 0 Å². The monoisotopic (exact) mass is 890 g/mol. The number of anilines is 3. The van der Waals surface area contributed by atoms with Crippen LogP contribution in [0.2, 0.25) is 0 Å². The third-order valence-electron chi connectivity index (χ3n) is 13.9. The third kappa shape index (κ3) is 7.49. The van der Waals surface area contributed by atoms with Gasteiger partial charge in [-0.3, -0.25) is 0 Å². The molecule has 0 spiro atoms. The lowest BCUT2D eigenvalue weighted by molar-refractivity contribution is 1.18. The summed E-state index contributed by atoms with van der Waals surface area (Å²) in [4.78, 5) is 2.40. The fourth-order valence-electron chi connectivity index (χ4n) is 10.4. The number of benzene rings is 12. The molecule has 0 fully saturated rings. The average Bonchev–Trinajstić information content (AvgIpc) is 3.77. The smallest absolute Gasteiger partial charge is 0.0553 e. The van der Waals surface area contributed by atoms with Gasteiger partial charge in [-0.2, -0.15) is 0 Å². The second kappa shape index (κ2) is 17.4. The molecule has 0 radical (unpaired) electrons. The number of hydrogen-bond donors (Lipinski definition) is 0. The van der Waals surface area contributed by atoms with Crippen molar-refractivity contribution >= 4 is 60.4 Å². The van der Waals surface area contributed by atoms with E-state index in [2.05, 4.69) is 289 Å². The second-order valence-corrected chi connectivity index (χ2v) is 18.2. The highest BCUT2D eigenvalue weighted by atomic mass is 15.1. The van der Waals surface area contributed by atoms with Crippen LogP contribution in [0.1, 0.15) is 0 Å². The maximum atomic E-state index is 2.46. The highest BCUT2D eigenvalue weighted by Gasteiger charge is 2.21. The van der Waals surface area contributed by atoms with Crippen molar-refractivity contribution in [2.75, 3.05) is 4.90 Å². The predicted octanol–water partition coefficient (Wildman–Crippen LogP) is 18.9. The molecule has 13 rings (SSSR count). The minimum absolute atomic E-state index is 1.07. The SMILES string of the molecule is c1ccc(-c2ccc3c4c(-c5cccc(N(c6ccc(-c7ccc8ccccc8c7)cc6)c6ccc(-c7ccc8ccccc8c7)cc6)c5)cc(-c5ccccc5)cc4n(-c4ccccc4)c3c2)cc1. The number of hydrogen-bond acceptors (Lipinski definition) is 1. The van der Waals surface area contributed by atoms with Crippen molar-refractivity contribution in [1.82, 2.24) is 4.57 Å². The van der Waals surface area contributed by atoms with E-state index in [1.807, 2.05) is 0 Å². The highest BCUT2D eigenvalue weighted by Crippen LogP contribution is 2.45. The van der Waals surface area contributed by atoms with Crippen LogP contribution in [0, 0.1) is 0 Å². The number of nitrogens with zero attached hydrogens (tertiary/aromatic N) is 2. The fraction of sp³-hybridized carbons (Fsp3) is 0. The van der Waals surface area contributed by atoms with Gasteiger partial charge < -0.3 is 9.47 Å². The Morgan fingerprint density at radius 2 is 0.686 bits per heavy atom. The summed E-state index contributed by atoms with van der Waals surface area (Å²) >= 11 is 0. The first kappa shape index (κ1) is 41.0. The van der Waals surface area contributed by atoms with Crippen LogP contribution in [0.15, 0.2) is 279 Å². The van der Waals surface area contributed by atoms with E-state index in [0.29, 0.717) is 0 Å². The summed E-state index contributed by atoms with van der Waals surface area (Å²) in [7, 11) is 0. The van der Waals surface area contributed by atoms with Crippen LogP contribution in [-0.4, -0.2) is 4.57 Å². The van der Waals surface area contributed by atoms with Gasteiger partial charge in [-0.15, -0.1) is 0 Å². The summed E-state index contributed by atoms with van der Waals surface area (Å²) in [5.74, 6) is 0. The summed E-state index contributed by atoms with van der Waals surface area (Å²) < 4.78 is 2.46. The van der Waals surface area contributed by atoms with Crippen LogP contribution in [-0.2, 0) is 0 Å². The highest BCUT2D eigenvalue weighted by molar-refractivity contribution is 6.17. The van der Waals surface area contributed by atoms with Crippen LogP contribution in [0.25, 0.3) is 105 Å². The standard InChI is InChI=1S/C68H46N2/c1-4-15-47(16-5-1)57-35-40-64-66(45-57)70(60-24-8-3-9-25-60)67-46-59(48-17-6-2-7-18-48)44-65(68(64)67)58-23-14-26-63(43-58)69(61-36-31-51(32-37-61)55-29-27-49-19-10-12-21-53(49)41-55)62-38-33-52(34-39-62)56-30-28-50-20-11-13-22-54(50)42-56/h1-46H. The number of para-hydroxylation sites is 1. The van der Waals surface area contributed by atoms with Crippen molar-refractivity contribution in [3.63, 3.8) is 0 Å². The first-order chi connectivity index (χ1) is 34.7. The lowest BCUT2D eigenvalue weighted by atomic mass is 9.93. The number of rotatable bonds is 9. The zero-order chi connectivity index (χ0) is 46.4. The first-order valence-electron chi connectivity index (χ1n) is 24.1. The zero-order valence-corrected chi connectivity index (χ0v) is 38.5. The molecule has 0 unspecified atom stereocenters. The Balaban J connectivity index is 0.995. The van der Waals surface area contributed by atoms with Gasteiger partial charge in [0.1, 0.15) is 0 Å². The quantitative estimate of drug-likeness (QED) is 0.140. The lowest BCUT2D eigenvalue weighted by Gasteiger charge is -2.26. The van der Waals surface area contributed by atoms with Crippen LogP contribution < -0.4 is 4.90 Å². The molecule has 0 saturated heterocycles. The van der Waals surface area contributed by atoms with Crippen molar-refractivity contribution in [2.45, 2.75) is 0 Å². The first-order valence-corrected chi connectivity index (χ1v) is 24.1. The Labute approximate surface area is 408 Å². The molecule has 0 N–H and O–H groups in total. The molecule has 0 aliphatic heterocycles. The van der Waals surface area contributed by atoms with E-state index in [1.165, 1.54) is 93.4 Å². The van der Waals surface area contributed by atoms with Gasteiger partial charge in [0.2, 0.25) is 0 Å². The van der Waals surface area contributed by atoms with Crippen LogP contribution in [0.5, 0.6) is 0 Å². The topological polar surface area (TPSA) is 8.17 Å². The van der Waals surface area contributed by atoms with Gasteiger partial charge in [-0.05, 0) is 156 Å². The molecule has 0 aliphatic rings. The van der Waals surface area contributed by atoms with Gasteiger partial charge >= 0.3 is 0 Å². The number of fused-ring (bicyclic) bond motifs is 5. The van der Waals surface area contributed by atoms with Crippen molar-refractivity contribution in [1.29, 1.82) is 0 Å². The molecule has 0 amide bonds. The molecule has 12 aromatic carbocycles. The lowest BCUT2D eigenvalue weighted by Crippen LogP contribution is -2.10. The molecular weight excluding hydrogens is 845 g/mol. The summed E-state index contributed by atoms with van der Waals surface area (Å²) in [6.07, 6.45) is 0. The number of aromatic nitrogens is 1. The fourth-order valence-corrected chi connectivity index (χ4v) is 10.4. The largest absolute Gasteiger partial charge is 0.310 e. The van der Waals surface area contributed by atoms with E-state index < -0.39 is 0 Å². The van der Waals surface area contributed by atoms with Crippen LogP contribution >= 0.6 is 0 Å². The Kier molecular flexibility index (Phi) is 10.2. The molecule has 328 valence electrons. The normalized spacial score (nSPS) is 11.4. The Bertz CT molecular complexity index is 3900. The molecule has 2 heteroatoms. The second-order valence-electron chi connectivity index (χ2n) is 18.2. The van der Waals surface area contributed by atoms with Crippen LogP contribution in [0.4, 0.5) is 17.1 Å². The van der Waals surface area contributed by atoms with Gasteiger partial charge in [0, 0.05) is 33.5 Å². The van der Waals surface area contributed by atoms with Gasteiger partial charge in [-0.1, -0.05) is 200 Å². The molecule has 1 aromatic heterocycles. The van der Waals surface area contributed by atoms with Crippen molar-refractivity contribution < 1.29 is 0 Å². The molecule has 0 aliphatic carbocycles. The van der Waals surface area contributed by atoms with E-state index in [9.17, 15) is 0 Å². The maximum absolute atomic E-state index is 2.46. The molecule has 13 aromatic rings. The molecule has 2 nitrogen and oxygen atoms in total. The summed E-state index contributed by atoms with van der Waals surface area (Å²) in [6.45, 7) is 0. The van der Waals surface area contributed by atoms with Crippen molar-refractivity contribution in [3.05, 3.63) is 279 Å².